The third kappa shape index (κ3) is 2.27. The van der Waals surface area contributed by atoms with Gasteiger partial charge in [0.25, 0.3) is 0 Å². The molecular formula is C10H13N5S. The van der Waals surface area contributed by atoms with Crippen LogP contribution in [0.5, 0.6) is 0 Å². The van der Waals surface area contributed by atoms with Crippen molar-refractivity contribution < 1.29 is 0 Å². The topological polar surface area (TPSA) is 76.7 Å². The smallest absolute Gasteiger partial charge is 0.221 e. The Balaban J connectivity index is 2.10. The molecule has 0 spiro atoms. The fourth-order valence-corrected chi connectivity index (χ4v) is 2.01. The highest BCUT2D eigenvalue weighted by molar-refractivity contribution is 7.09. The van der Waals surface area contributed by atoms with Gasteiger partial charge in [-0.25, -0.2) is 9.97 Å². The average molecular weight is 235 g/mol. The number of nitrogens with one attached hydrogen (secondary N) is 1. The van der Waals surface area contributed by atoms with Gasteiger partial charge in [-0.05, 0) is 13.8 Å². The minimum atomic E-state index is 0.286. The molecule has 2 aromatic rings. The van der Waals surface area contributed by atoms with Crippen molar-refractivity contribution in [2.75, 3.05) is 11.1 Å². The van der Waals surface area contributed by atoms with Crippen LogP contribution in [0.1, 0.15) is 16.1 Å². The number of anilines is 2. The van der Waals surface area contributed by atoms with Crippen molar-refractivity contribution in [2.24, 2.45) is 0 Å². The van der Waals surface area contributed by atoms with E-state index >= 15 is 0 Å². The summed E-state index contributed by atoms with van der Waals surface area (Å²) in [6, 6.07) is 0. The molecule has 0 amide bonds. The van der Waals surface area contributed by atoms with Gasteiger partial charge in [0.2, 0.25) is 5.95 Å². The monoisotopic (exact) mass is 235 g/mol. The standard InChI is InChI=1S/C10H13N5S/c1-6-3-13-10(11)15-9(6)12-4-8-7(2)14-5-16-8/h3,5H,4H2,1-2H3,(H3,11,12,13,15). The van der Waals surface area contributed by atoms with Crippen LogP contribution in [0.15, 0.2) is 11.7 Å². The molecule has 84 valence electrons. The third-order valence-corrected chi connectivity index (χ3v) is 3.19. The molecule has 0 saturated heterocycles. The molecule has 3 N–H and O–H groups in total. The predicted molar refractivity (Wildman–Crippen MR) is 65.4 cm³/mol. The Bertz CT molecular complexity index is 494. The van der Waals surface area contributed by atoms with E-state index in [1.54, 1.807) is 17.5 Å². The Labute approximate surface area is 97.8 Å². The summed E-state index contributed by atoms with van der Waals surface area (Å²) in [5.41, 5.74) is 9.41. The first-order valence-corrected chi connectivity index (χ1v) is 5.76. The number of nitrogens with zero attached hydrogens (tertiary/aromatic N) is 3. The molecule has 0 aliphatic heterocycles. The van der Waals surface area contributed by atoms with E-state index in [0.29, 0.717) is 6.54 Å². The van der Waals surface area contributed by atoms with E-state index in [-0.39, 0.29) is 5.95 Å². The number of hydrogen-bond donors (Lipinski definition) is 2. The fourth-order valence-electron chi connectivity index (χ4n) is 1.29. The summed E-state index contributed by atoms with van der Waals surface area (Å²) in [6.45, 7) is 4.66. The van der Waals surface area contributed by atoms with Crippen LogP contribution in [0.25, 0.3) is 0 Å². The Morgan fingerprint density at radius 3 is 2.88 bits per heavy atom. The van der Waals surface area contributed by atoms with Gasteiger partial charge in [-0.3, -0.25) is 0 Å². The molecule has 2 heterocycles. The van der Waals surface area contributed by atoms with Crippen molar-refractivity contribution in [3.05, 3.63) is 27.8 Å². The van der Waals surface area contributed by atoms with Crippen LogP contribution in [-0.4, -0.2) is 15.0 Å². The van der Waals surface area contributed by atoms with Crippen LogP contribution in [0, 0.1) is 13.8 Å². The van der Waals surface area contributed by atoms with Crippen LogP contribution in [0.3, 0.4) is 0 Å². The fraction of sp³-hybridized carbons (Fsp3) is 0.300. The minimum absolute atomic E-state index is 0.286. The molecule has 0 aliphatic carbocycles. The van der Waals surface area contributed by atoms with Gasteiger partial charge in [0, 0.05) is 16.6 Å². The first-order chi connectivity index (χ1) is 7.66. The average Bonchev–Trinajstić information content (AvgIpc) is 2.66. The van der Waals surface area contributed by atoms with Crippen molar-refractivity contribution in [3.8, 4) is 0 Å². The third-order valence-electron chi connectivity index (χ3n) is 2.25. The molecule has 0 fully saturated rings. The summed E-state index contributed by atoms with van der Waals surface area (Å²) < 4.78 is 0. The molecule has 0 saturated carbocycles. The number of nitrogen functional groups attached to an aromatic ring is 1. The van der Waals surface area contributed by atoms with Crippen molar-refractivity contribution in [3.63, 3.8) is 0 Å². The van der Waals surface area contributed by atoms with E-state index in [4.69, 9.17) is 5.73 Å². The second-order valence-corrected chi connectivity index (χ2v) is 4.41. The summed E-state index contributed by atoms with van der Waals surface area (Å²) >= 11 is 1.63. The minimum Gasteiger partial charge on any atom is -0.368 e. The molecular weight excluding hydrogens is 222 g/mol. The van der Waals surface area contributed by atoms with Crippen molar-refractivity contribution in [1.82, 2.24) is 15.0 Å². The lowest BCUT2D eigenvalue weighted by atomic mass is 10.3. The summed E-state index contributed by atoms with van der Waals surface area (Å²) in [4.78, 5) is 13.5. The van der Waals surface area contributed by atoms with Gasteiger partial charge in [0.05, 0.1) is 17.7 Å². The Morgan fingerprint density at radius 1 is 1.38 bits per heavy atom. The maximum Gasteiger partial charge on any atom is 0.221 e. The maximum atomic E-state index is 5.53. The predicted octanol–water partition coefficient (Wildman–Crippen LogP) is 1.74. The van der Waals surface area contributed by atoms with E-state index < -0.39 is 0 Å². The molecule has 0 atom stereocenters. The molecule has 2 aromatic heterocycles. The van der Waals surface area contributed by atoms with E-state index in [0.717, 1.165) is 17.1 Å². The van der Waals surface area contributed by atoms with E-state index in [9.17, 15) is 0 Å². The van der Waals surface area contributed by atoms with Crippen molar-refractivity contribution in [1.29, 1.82) is 0 Å². The number of rotatable bonds is 3. The Kier molecular flexibility index (Phi) is 3.00. The molecule has 0 bridgehead atoms. The second-order valence-electron chi connectivity index (χ2n) is 3.47. The van der Waals surface area contributed by atoms with E-state index in [1.165, 1.54) is 4.88 Å². The van der Waals surface area contributed by atoms with Crippen molar-refractivity contribution in [2.45, 2.75) is 20.4 Å². The van der Waals surface area contributed by atoms with Crippen LogP contribution < -0.4 is 11.1 Å². The van der Waals surface area contributed by atoms with Gasteiger partial charge in [-0.2, -0.15) is 4.98 Å². The SMILES string of the molecule is Cc1cnc(N)nc1NCc1scnc1C. The molecule has 16 heavy (non-hydrogen) atoms. The number of aryl methyl sites for hydroxylation is 2. The lowest BCUT2D eigenvalue weighted by molar-refractivity contribution is 1.06. The Morgan fingerprint density at radius 2 is 2.19 bits per heavy atom. The van der Waals surface area contributed by atoms with Crippen LogP contribution in [0.2, 0.25) is 0 Å². The summed E-state index contributed by atoms with van der Waals surface area (Å²) in [5.74, 6) is 1.06. The lowest BCUT2D eigenvalue weighted by Gasteiger charge is -2.07. The molecule has 0 aromatic carbocycles. The number of thiazole rings is 1. The van der Waals surface area contributed by atoms with Gasteiger partial charge >= 0.3 is 0 Å². The molecule has 2 rings (SSSR count). The Hall–Kier alpha value is -1.69. The van der Waals surface area contributed by atoms with Gasteiger partial charge in [0.1, 0.15) is 5.82 Å². The number of aromatic nitrogens is 3. The highest BCUT2D eigenvalue weighted by Gasteiger charge is 2.04. The molecule has 5 nitrogen and oxygen atoms in total. The quantitative estimate of drug-likeness (QED) is 0.847. The first-order valence-electron chi connectivity index (χ1n) is 4.89. The zero-order valence-electron chi connectivity index (χ0n) is 9.19. The largest absolute Gasteiger partial charge is 0.368 e. The molecule has 0 aliphatic rings. The van der Waals surface area contributed by atoms with Crippen LogP contribution in [0.4, 0.5) is 11.8 Å². The molecule has 6 heteroatoms. The van der Waals surface area contributed by atoms with Crippen LogP contribution in [-0.2, 0) is 6.54 Å². The van der Waals surface area contributed by atoms with Gasteiger partial charge in [-0.15, -0.1) is 11.3 Å². The van der Waals surface area contributed by atoms with E-state index in [2.05, 4.69) is 20.3 Å². The van der Waals surface area contributed by atoms with Crippen molar-refractivity contribution >= 4 is 23.1 Å². The zero-order chi connectivity index (χ0) is 11.5. The summed E-state index contributed by atoms with van der Waals surface area (Å²) in [7, 11) is 0. The van der Waals surface area contributed by atoms with Gasteiger partial charge in [-0.1, -0.05) is 0 Å². The highest BCUT2D eigenvalue weighted by Crippen LogP contribution is 2.16. The van der Waals surface area contributed by atoms with Gasteiger partial charge in [0.15, 0.2) is 0 Å². The molecule has 0 unspecified atom stereocenters. The number of hydrogen-bond acceptors (Lipinski definition) is 6. The summed E-state index contributed by atoms with van der Waals surface area (Å²) in [5, 5.41) is 3.24. The summed E-state index contributed by atoms with van der Waals surface area (Å²) in [6.07, 6.45) is 1.71. The maximum absolute atomic E-state index is 5.53. The first kappa shape index (κ1) is 10.8. The lowest BCUT2D eigenvalue weighted by Crippen LogP contribution is -2.05. The molecule has 0 radical (unpaired) electrons. The highest BCUT2D eigenvalue weighted by atomic mass is 32.1. The van der Waals surface area contributed by atoms with Crippen LogP contribution >= 0.6 is 11.3 Å². The second kappa shape index (κ2) is 4.44. The zero-order valence-corrected chi connectivity index (χ0v) is 10.0. The van der Waals surface area contributed by atoms with Gasteiger partial charge < -0.3 is 11.1 Å². The van der Waals surface area contributed by atoms with E-state index in [1.807, 2.05) is 19.4 Å². The normalized spacial score (nSPS) is 10.4. The number of nitrogens with two attached hydrogens (primary N) is 1.